The van der Waals surface area contributed by atoms with E-state index in [2.05, 4.69) is 10.3 Å². The van der Waals surface area contributed by atoms with Crippen molar-refractivity contribution >= 4 is 28.6 Å². The zero-order chi connectivity index (χ0) is 19.2. The van der Waals surface area contributed by atoms with Crippen molar-refractivity contribution in [1.82, 2.24) is 14.9 Å². The Kier molecular flexibility index (Phi) is 6.73. The molecule has 2 N–H and O–H groups in total. The number of nitrogens with zero attached hydrogens (tertiary/aromatic N) is 1. The molecule has 1 fully saturated rings. The Hall–Kier alpha value is -2.06. The van der Waals surface area contributed by atoms with Gasteiger partial charge in [0.15, 0.2) is 0 Å². The fourth-order valence-corrected chi connectivity index (χ4v) is 3.84. The number of nitrogens with one attached hydrogen (secondary N) is 2. The zero-order valence-electron chi connectivity index (χ0n) is 15.4. The van der Waals surface area contributed by atoms with Gasteiger partial charge in [-0.3, -0.25) is 9.59 Å². The van der Waals surface area contributed by atoms with E-state index in [1.165, 1.54) is 0 Å². The number of rotatable bonds is 7. The van der Waals surface area contributed by atoms with Crippen LogP contribution in [-0.4, -0.2) is 47.2 Å². The molecule has 2 heterocycles. The van der Waals surface area contributed by atoms with Crippen molar-refractivity contribution in [2.75, 3.05) is 31.8 Å². The largest absolute Gasteiger partial charge is 0.381 e. The number of ether oxygens (including phenoxy) is 1. The number of hydrogen-bond acceptors (Lipinski definition) is 5. The Balaban J connectivity index is 1.87. The first kappa shape index (κ1) is 19.7. The molecule has 1 aromatic heterocycles. The van der Waals surface area contributed by atoms with E-state index in [0.717, 1.165) is 17.4 Å². The van der Waals surface area contributed by atoms with Gasteiger partial charge < -0.3 is 15.0 Å². The first-order chi connectivity index (χ1) is 13.1. The summed E-state index contributed by atoms with van der Waals surface area (Å²) >= 11 is 1.58. The molecule has 0 radical (unpaired) electrons. The average molecular weight is 391 g/mol. The molecule has 1 amide bonds. The van der Waals surface area contributed by atoms with Gasteiger partial charge in [-0.1, -0.05) is 12.1 Å². The number of carbonyl (C=O) groups is 1. The molecule has 1 aliphatic rings. The van der Waals surface area contributed by atoms with Crippen LogP contribution in [0, 0.1) is 5.92 Å². The van der Waals surface area contributed by atoms with Crippen molar-refractivity contribution in [1.29, 1.82) is 0 Å². The molecule has 8 heteroatoms. The third-order valence-corrected chi connectivity index (χ3v) is 5.60. The number of amides is 1. The molecular weight excluding hydrogens is 366 g/mol. The van der Waals surface area contributed by atoms with Gasteiger partial charge in [-0.05, 0) is 49.3 Å². The molecule has 1 atom stereocenters. The van der Waals surface area contributed by atoms with Crippen LogP contribution in [0.2, 0.25) is 0 Å². The minimum absolute atomic E-state index is 0.279. The maximum atomic E-state index is 12.9. The summed E-state index contributed by atoms with van der Waals surface area (Å²) in [5.41, 5.74) is -0.498. The molecule has 146 valence electrons. The summed E-state index contributed by atoms with van der Waals surface area (Å²) in [6.45, 7) is 1.96. The number of carbonyl (C=O) groups excluding carboxylic acids is 1. The second-order valence-electron chi connectivity index (χ2n) is 6.75. The Labute approximate surface area is 161 Å². The van der Waals surface area contributed by atoms with E-state index in [-0.39, 0.29) is 5.91 Å². The molecule has 2 aromatic rings. The molecule has 0 spiro atoms. The van der Waals surface area contributed by atoms with Gasteiger partial charge in [-0.25, -0.2) is 9.36 Å². The Bertz CT molecular complexity index is 902. The van der Waals surface area contributed by atoms with E-state index in [0.29, 0.717) is 48.8 Å². The van der Waals surface area contributed by atoms with Crippen LogP contribution in [0.25, 0.3) is 10.9 Å². The number of benzene rings is 1. The molecule has 0 unspecified atom stereocenters. The second kappa shape index (κ2) is 9.23. The van der Waals surface area contributed by atoms with Gasteiger partial charge in [-0.15, -0.1) is 0 Å². The molecule has 1 aromatic carbocycles. The molecule has 1 aliphatic heterocycles. The maximum Gasteiger partial charge on any atom is 0.329 e. The van der Waals surface area contributed by atoms with E-state index in [1.807, 2.05) is 6.26 Å². The summed E-state index contributed by atoms with van der Waals surface area (Å²) in [7, 11) is 0. The van der Waals surface area contributed by atoms with E-state index in [1.54, 1.807) is 36.0 Å². The van der Waals surface area contributed by atoms with Crippen molar-refractivity contribution in [3.63, 3.8) is 0 Å². The van der Waals surface area contributed by atoms with Crippen LogP contribution in [0.5, 0.6) is 0 Å². The van der Waals surface area contributed by atoms with Gasteiger partial charge in [0, 0.05) is 19.8 Å². The fourth-order valence-electron chi connectivity index (χ4n) is 3.38. The highest BCUT2D eigenvalue weighted by Crippen LogP contribution is 2.16. The van der Waals surface area contributed by atoms with E-state index in [9.17, 15) is 14.4 Å². The molecule has 3 rings (SSSR count). The molecule has 7 nitrogen and oxygen atoms in total. The number of aromatic nitrogens is 2. The molecule has 0 bridgehead atoms. The van der Waals surface area contributed by atoms with Gasteiger partial charge in [0.1, 0.15) is 6.04 Å². The van der Waals surface area contributed by atoms with Crippen molar-refractivity contribution in [3.05, 3.63) is 45.1 Å². The minimum Gasteiger partial charge on any atom is -0.381 e. The number of para-hydroxylation sites is 1. The first-order valence-corrected chi connectivity index (χ1v) is 10.6. The zero-order valence-corrected chi connectivity index (χ0v) is 16.2. The minimum atomic E-state index is -0.821. The van der Waals surface area contributed by atoms with E-state index < -0.39 is 17.3 Å². The van der Waals surface area contributed by atoms with Gasteiger partial charge in [0.25, 0.3) is 5.56 Å². The molecule has 0 saturated carbocycles. The third-order valence-electron chi connectivity index (χ3n) is 4.95. The number of thioether (sulfide) groups is 1. The Morgan fingerprint density at radius 1 is 1.33 bits per heavy atom. The third kappa shape index (κ3) is 4.62. The van der Waals surface area contributed by atoms with Crippen LogP contribution in [0.4, 0.5) is 0 Å². The number of aromatic amines is 1. The SMILES string of the molecule is CSCC[C@@H](C(=O)NCC1CCOCC1)n1c(=O)[nH]c2ccccc2c1=O. The average Bonchev–Trinajstić information content (AvgIpc) is 2.69. The van der Waals surface area contributed by atoms with Crippen LogP contribution in [0.3, 0.4) is 0 Å². The highest BCUT2D eigenvalue weighted by Gasteiger charge is 2.25. The molecule has 1 saturated heterocycles. The number of hydrogen-bond donors (Lipinski definition) is 2. The van der Waals surface area contributed by atoms with Crippen molar-refractivity contribution in [3.8, 4) is 0 Å². The Morgan fingerprint density at radius 3 is 2.81 bits per heavy atom. The highest BCUT2D eigenvalue weighted by atomic mass is 32.2. The lowest BCUT2D eigenvalue weighted by atomic mass is 10.0. The van der Waals surface area contributed by atoms with Gasteiger partial charge in [0.05, 0.1) is 10.9 Å². The summed E-state index contributed by atoms with van der Waals surface area (Å²) in [5, 5.41) is 3.35. The molecule has 0 aliphatic carbocycles. The van der Waals surface area contributed by atoms with Crippen LogP contribution in [0.1, 0.15) is 25.3 Å². The van der Waals surface area contributed by atoms with Gasteiger partial charge >= 0.3 is 5.69 Å². The van der Waals surface area contributed by atoms with Crippen LogP contribution < -0.4 is 16.6 Å². The quantitative estimate of drug-likeness (QED) is 0.747. The van der Waals surface area contributed by atoms with Crippen LogP contribution >= 0.6 is 11.8 Å². The predicted molar refractivity (Wildman–Crippen MR) is 107 cm³/mol. The van der Waals surface area contributed by atoms with Crippen molar-refractivity contribution in [2.24, 2.45) is 5.92 Å². The van der Waals surface area contributed by atoms with E-state index >= 15 is 0 Å². The topological polar surface area (TPSA) is 93.2 Å². The first-order valence-electron chi connectivity index (χ1n) is 9.19. The van der Waals surface area contributed by atoms with Crippen LogP contribution in [-0.2, 0) is 9.53 Å². The highest BCUT2D eigenvalue weighted by molar-refractivity contribution is 7.98. The van der Waals surface area contributed by atoms with Crippen LogP contribution in [0.15, 0.2) is 33.9 Å². The summed E-state index contributed by atoms with van der Waals surface area (Å²) in [5.74, 6) is 0.766. The standard InChI is InChI=1S/C19H25N3O4S/c1-27-11-8-16(17(23)20-12-13-6-9-26-10-7-13)22-18(24)14-4-2-3-5-15(14)21-19(22)25/h2-5,13,16H,6-12H2,1H3,(H,20,23)(H,21,25)/t16-/m0/s1. The smallest absolute Gasteiger partial charge is 0.329 e. The predicted octanol–water partition coefficient (Wildman–Crippen LogP) is 1.53. The van der Waals surface area contributed by atoms with Gasteiger partial charge in [-0.2, -0.15) is 11.8 Å². The summed E-state index contributed by atoms with van der Waals surface area (Å²) in [4.78, 5) is 41.1. The lowest BCUT2D eigenvalue weighted by molar-refractivity contribution is -0.124. The van der Waals surface area contributed by atoms with Gasteiger partial charge in [0.2, 0.25) is 5.91 Å². The Morgan fingerprint density at radius 2 is 2.07 bits per heavy atom. The summed E-state index contributed by atoms with van der Waals surface area (Å²) in [6.07, 6.45) is 4.17. The monoisotopic (exact) mass is 391 g/mol. The number of fused-ring (bicyclic) bond motifs is 1. The summed E-state index contributed by atoms with van der Waals surface area (Å²) in [6, 6.07) is 6.03. The van der Waals surface area contributed by atoms with Crippen molar-refractivity contribution < 1.29 is 9.53 Å². The maximum absolute atomic E-state index is 12.9. The molecule has 27 heavy (non-hydrogen) atoms. The van der Waals surface area contributed by atoms with E-state index in [4.69, 9.17) is 4.74 Å². The second-order valence-corrected chi connectivity index (χ2v) is 7.73. The molecular formula is C19H25N3O4S. The lowest BCUT2D eigenvalue weighted by Gasteiger charge is -2.24. The lowest BCUT2D eigenvalue weighted by Crippen LogP contribution is -2.45. The fraction of sp³-hybridized carbons (Fsp3) is 0.526. The van der Waals surface area contributed by atoms with Crippen molar-refractivity contribution in [2.45, 2.75) is 25.3 Å². The number of H-pyrrole nitrogens is 1. The normalized spacial score (nSPS) is 16.3. The summed E-state index contributed by atoms with van der Waals surface area (Å²) < 4.78 is 6.41.